The van der Waals surface area contributed by atoms with Crippen molar-refractivity contribution in [3.63, 3.8) is 0 Å². The Hall–Kier alpha value is -1.95. The molecule has 4 unspecified atom stereocenters. The lowest BCUT2D eigenvalue weighted by molar-refractivity contribution is -0.165. The van der Waals surface area contributed by atoms with Crippen LogP contribution < -0.4 is 5.32 Å². The lowest BCUT2D eigenvalue weighted by Gasteiger charge is -2.44. The van der Waals surface area contributed by atoms with Crippen molar-refractivity contribution >= 4 is 34.2 Å². The molecule has 1 saturated heterocycles. The minimum atomic E-state index is -1.16. The molecule has 7 nitrogen and oxygen atoms in total. The van der Waals surface area contributed by atoms with E-state index in [-0.39, 0.29) is 31.0 Å². The molecule has 2 amide bonds. The average Bonchev–Trinajstić information content (AvgIpc) is 2.68. The molecule has 0 bridgehead atoms. The highest BCUT2D eigenvalue weighted by molar-refractivity contribution is 7.86. The monoisotopic (exact) mass is 453 g/mol. The predicted octanol–water partition coefficient (Wildman–Crippen LogP) is 2.92. The van der Waals surface area contributed by atoms with Crippen LogP contribution in [0.25, 0.3) is 0 Å². The van der Waals surface area contributed by atoms with E-state index in [1.807, 2.05) is 45.1 Å². The number of halogens is 1. The van der Waals surface area contributed by atoms with E-state index < -0.39 is 27.6 Å². The highest BCUT2D eigenvalue weighted by atomic mass is 35.5. The molecule has 2 rings (SSSR count). The number of ether oxygens (including phenoxy) is 1. The van der Waals surface area contributed by atoms with Crippen molar-refractivity contribution in [3.8, 4) is 6.19 Å². The third kappa shape index (κ3) is 6.03. The van der Waals surface area contributed by atoms with Gasteiger partial charge in [0.1, 0.15) is 6.10 Å². The Kier molecular flexibility index (Phi) is 8.42. The maximum atomic E-state index is 13.4. The van der Waals surface area contributed by atoms with Crippen LogP contribution in [-0.4, -0.2) is 50.2 Å². The molecule has 1 N–H and O–H groups in total. The zero-order chi connectivity index (χ0) is 22.5. The topological polar surface area (TPSA) is 99.5 Å². The summed E-state index contributed by atoms with van der Waals surface area (Å²) in [7, 11) is -1.16. The van der Waals surface area contributed by atoms with Crippen LogP contribution in [0.15, 0.2) is 24.3 Å². The summed E-state index contributed by atoms with van der Waals surface area (Å²) in [6, 6.07) is 6.51. The average molecular weight is 454 g/mol. The summed E-state index contributed by atoms with van der Waals surface area (Å²) in [6.45, 7) is 7.86. The fraction of sp³-hybridized carbons (Fsp3) is 0.571. The van der Waals surface area contributed by atoms with Gasteiger partial charge in [-0.2, -0.15) is 5.26 Å². The van der Waals surface area contributed by atoms with Crippen molar-refractivity contribution in [1.82, 2.24) is 10.2 Å². The van der Waals surface area contributed by atoms with Gasteiger partial charge < -0.3 is 9.64 Å². The number of carbonyl (C=O) groups excluding carboxylic acids is 2. The summed E-state index contributed by atoms with van der Waals surface area (Å²) in [5.41, 5.74) is 0.854. The zero-order valence-corrected chi connectivity index (χ0v) is 19.3. The van der Waals surface area contributed by atoms with Crippen LogP contribution in [0.1, 0.15) is 52.1 Å². The summed E-state index contributed by atoms with van der Waals surface area (Å²) in [6.07, 6.45) is 0.945. The van der Waals surface area contributed by atoms with Crippen LogP contribution >= 0.6 is 11.6 Å². The second kappa shape index (κ2) is 10.4. The number of benzene rings is 1. The molecule has 9 heteroatoms. The number of nitriles is 1. The number of rotatable bonds is 7. The molecule has 0 saturated carbocycles. The van der Waals surface area contributed by atoms with Gasteiger partial charge in [0.2, 0.25) is 5.91 Å². The van der Waals surface area contributed by atoms with Crippen molar-refractivity contribution in [2.24, 2.45) is 0 Å². The number of nitrogens with zero attached hydrogens (tertiary/aromatic N) is 2. The normalized spacial score (nSPS) is 21.6. The Bertz CT molecular complexity index is 832. The molecule has 1 aromatic rings. The molecule has 0 aromatic heterocycles. The first kappa shape index (κ1) is 24.3. The zero-order valence-electron chi connectivity index (χ0n) is 17.7. The van der Waals surface area contributed by atoms with E-state index in [2.05, 4.69) is 0 Å². The summed E-state index contributed by atoms with van der Waals surface area (Å²) in [4.78, 5) is 26.9. The highest BCUT2D eigenvalue weighted by Crippen LogP contribution is 2.32. The minimum absolute atomic E-state index is 0.191. The van der Waals surface area contributed by atoms with Gasteiger partial charge in [-0.3, -0.25) is 19.1 Å². The SMILES string of the molecule is CCC(CS(=O)C(C)(C)C)N1C(=O)C(CC(=O)NC#N)OCC1c1ccc(Cl)cc1. The molecule has 1 aromatic carbocycles. The molecule has 4 atom stereocenters. The Morgan fingerprint density at radius 2 is 2.03 bits per heavy atom. The standard InChI is InChI=1S/C21H28ClN3O4S/c1-5-16(12-30(28)21(2,3)4)25-17(14-6-8-15(22)9-7-14)11-29-18(20(25)27)10-19(26)24-13-23/h6-9,16-18H,5,10-12H2,1-4H3,(H,24,26). The van der Waals surface area contributed by atoms with Gasteiger partial charge >= 0.3 is 0 Å². The smallest absolute Gasteiger partial charge is 0.253 e. The first-order chi connectivity index (χ1) is 14.1. The van der Waals surface area contributed by atoms with Gasteiger partial charge in [0, 0.05) is 32.4 Å². The second-order valence-corrected chi connectivity index (χ2v) is 10.9. The molecule has 164 valence electrons. The largest absolute Gasteiger partial charge is 0.365 e. The second-order valence-electron chi connectivity index (χ2n) is 8.19. The van der Waals surface area contributed by atoms with Gasteiger partial charge in [0.25, 0.3) is 5.91 Å². The number of amides is 2. The van der Waals surface area contributed by atoms with Gasteiger partial charge in [-0.25, -0.2) is 0 Å². The van der Waals surface area contributed by atoms with E-state index in [0.717, 1.165) is 5.56 Å². The van der Waals surface area contributed by atoms with Crippen LogP contribution in [0.4, 0.5) is 0 Å². The molecular formula is C21H28ClN3O4S. The Morgan fingerprint density at radius 1 is 1.40 bits per heavy atom. The summed E-state index contributed by atoms with van der Waals surface area (Å²) in [5.74, 6) is -0.591. The molecular weight excluding hydrogens is 426 g/mol. The summed E-state index contributed by atoms with van der Waals surface area (Å²) >= 11 is 6.01. The molecule has 0 radical (unpaired) electrons. The lowest BCUT2D eigenvalue weighted by atomic mass is 9.99. The van der Waals surface area contributed by atoms with Gasteiger partial charge in [0.05, 0.1) is 19.1 Å². The molecule has 1 aliphatic rings. The van der Waals surface area contributed by atoms with E-state index in [0.29, 0.717) is 17.2 Å². The van der Waals surface area contributed by atoms with Gasteiger partial charge in [-0.05, 0) is 44.9 Å². The first-order valence-corrected chi connectivity index (χ1v) is 11.5. The number of morpholine rings is 1. The van der Waals surface area contributed by atoms with Crippen LogP contribution in [0.2, 0.25) is 5.02 Å². The van der Waals surface area contributed by atoms with E-state index in [1.165, 1.54) is 0 Å². The van der Waals surface area contributed by atoms with Crippen molar-refractivity contribution in [2.45, 2.75) is 63.5 Å². The molecule has 1 heterocycles. The lowest BCUT2D eigenvalue weighted by Crippen LogP contribution is -2.56. The predicted molar refractivity (Wildman–Crippen MR) is 116 cm³/mol. The van der Waals surface area contributed by atoms with Crippen molar-refractivity contribution in [1.29, 1.82) is 5.26 Å². The minimum Gasteiger partial charge on any atom is -0.365 e. The van der Waals surface area contributed by atoms with E-state index >= 15 is 0 Å². The molecule has 1 fully saturated rings. The molecule has 1 aliphatic heterocycles. The fourth-order valence-electron chi connectivity index (χ4n) is 3.30. The van der Waals surface area contributed by atoms with Crippen LogP contribution in [0.5, 0.6) is 0 Å². The number of hydrogen-bond donors (Lipinski definition) is 1. The number of hydrogen-bond acceptors (Lipinski definition) is 5. The highest BCUT2D eigenvalue weighted by Gasteiger charge is 2.42. The van der Waals surface area contributed by atoms with Crippen LogP contribution in [-0.2, 0) is 25.1 Å². The van der Waals surface area contributed by atoms with E-state index in [4.69, 9.17) is 21.6 Å². The molecule has 0 spiro atoms. The Balaban J connectivity index is 2.36. The van der Waals surface area contributed by atoms with Crippen molar-refractivity contribution in [3.05, 3.63) is 34.9 Å². The van der Waals surface area contributed by atoms with Crippen molar-refractivity contribution in [2.75, 3.05) is 12.4 Å². The maximum absolute atomic E-state index is 13.4. The van der Waals surface area contributed by atoms with Crippen LogP contribution in [0.3, 0.4) is 0 Å². The Labute approximate surface area is 185 Å². The fourth-order valence-corrected chi connectivity index (χ4v) is 4.67. The molecule has 30 heavy (non-hydrogen) atoms. The van der Waals surface area contributed by atoms with E-state index in [1.54, 1.807) is 23.2 Å². The van der Waals surface area contributed by atoms with Crippen molar-refractivity contribution < 1.29 is 18.5 Å². The van der Waals surface area contributed by atoms with Gasteiger partial charge in [0.15, 0.2) is 6.19 Å². The quantitative estimate of drug-likeness (QED) is 0.505. The summed E-state index contributed by atoms with van der Waals surface area (Å²) < 4.78 is 18.2. The van der Waals surface area contributed by atoms with Crippen LogP contribution in [0, 0.1) is 11.5 Å². The third-order valence-electron chi connectivity index (χ3n) is 5.03. The third-order valence-corrected chi connectivity index (χ3v) is 7.34. The summed E-state index contributed by atoms with van der Waals surface area (Å²) in [5, 5.41) is 11.2. The van der Waals surface area contributed by atoms with E-state index in [9.17, 15) is 13.8 Å². The first-order valence-electron chi connectivity index (χ1n) is 9.84. The number of nitrogens with one attached hydrogen (secondary N) is 1. The molecule has 0 aliphatic carbocycles. The van der Waals surface area contributed by atoms with Gasteiger partial charge in [-0.15, -0.1) is 0 Å². The Morgan fingerprint density at radius 3 is 2.57 bits per heavy atom. The maximum Gasteiger partial charge on any atom is 0.253 e. The number of carbonyl (C=O) groups is 2. The van der Waals surface area contributed by atoms with Gasteiger partial charge in [-0.1, -0.05) is 30.7 Å².